The molecule has 1 aliphatic carbocycles. The van der Waals surface area contributed by atoms with Crippen LogP contribution in [0.1, 0.15) is 68.6 Å². The van der Waals surface area contributed by atoms with Crippen molar-refractivity contribution >= 4 is 5.69 Å². The highest BCUT2D eigenvalue weighted by atomic mass is 16.5. The van der Waals surface area contributed by atoms with Crippen LogP contribution in [0.4, 0.5) is 5.69 Å². The Morgan fingerprint density at radius 3 is 2.62 bits per heavy atom. The zero-order chi connectivity index (χ0) is 21.9. The predicted octanol–water partition coefficient (Wildman–Crippen LogP) is 3.46. The molecule has 3 aromatic rings. The minimum atomic E-state index is 0.268. The highest BCUT2D eigenvalue weighted by Crippen LogP contribution is 2.34. The lowest BCUT2D eigenvalue weighted by Crippen LogP contribution is -2.30. The Morgan fingerprint density at radius 1 is 1.03 bits per heavy atom. The third kappa shape index (κ3) is 4.16. The van der Waals surface area contributed by atoms with Gasteiger partial charge in [-0.1, -0.05) is 18.6 Å². The monoisotopic (exact) mass is 434 g/mol. The maximum Gasteiger partial charge on any atom is 0.320 e. The van der Waals surface area contributed by atoms with Crippen molar-refractivity contribution in [2.24, 2.45) is 7.05 Å². The third-order valence-electron chi connectivity index (χ3n) is 6.54. The maximum absolute atomic E-state index is 5.93. The number of piperidine rings is 1. The van der Waals surface area contributed by atoms with E-state index in [0.717, 1.165) is 61.0 Å². The van der Waals surface area contributed by atoms with Crippen LogP contribution < -0.4 is 9.64 Å². The lowest BCUT2D eigenvalue weighted by molar-refractivity contribution is 0.266. The average molecular weight is 435 g/mol. The van der Waals surface area contributed by atoms with Crippen LogP contribution in [0.25, 0.3) is 11.4 Å². The molecule has 5 rings (SSSR count). The van der Waals surface area contributed by atoms with Gasteiger partial charge in [0.2, 0.25) is 0 Å². The van der Waals surface area contributed by atoms with Gasteiger partial charge in [-0.25, -0.2) is 14.6 Å². The minimum Gasteiger partial charge on any atom is -0.457 e. The average Bonchev–Trinajstić information content (AvgIpc) is 3.17. The molecule has 0 radical (unpaired) electrons. The van der Waals surface area contributed by atoms with Gasteiger partial charge in [0.05, 0.1) is 17.1 Å². The maximum atomic E-state index is 5.93. The second-order valence-corrected chi connectivity index (χ2v) is 8.61. The first-order valence-corrected chi connectivity index (χ1v) is 11.7. The number of anilines is 1. The fourth-order valence-corrected chi connectivity index (χ4v) is 4.41. The second kappa shape index (κ2) is 9.18. The first kappa shape index (κ1) is 20.8. The first-order valence-electron chi connectivity index (χ1n) is 11.7. The summed E-state index contributed by atoms with van der Waals surface area (Å²) < 4.78 is 7.66. The summed E-state index contributed by atoms with van der Waals surface area (Å²) >= 11 is 0. The summed E-state index contributed by atoms with van der Waals surface area (Å²) in [6.07, 6.45) is 9.73. The van der Waals surface area contributed by atoms with E-state index in [1.165, 1.54) is 37.7 Å². The van der Waals surface area contributed by atoms with Crippen molar-refractivity contribution in [1.82, 2.24) is 34.9 Å². The quantitative estimate of drug-likeness (QED) is 0.558. The molecule has 9 nitrogen and oxygen atoms in total. The third-order valence-corrected chi connectivity index (χ3v) is 6.54. The fourth-order valence-electron chi connectivity index (χ4n) is 4.41. The lowest BCUT2D eigenvalue weighted by atomic mass is 9.85. The molecular weight excluding hydrogens is 404 g/mol. The van der Waals surface area contributed by atoms with Gasteiger partial charge in [0.15, 0.2) is 0 Å². The summed E-state index contributed by atoms with van der Waals surface area (Å²) in [6, 6.07) is 4.58. The van der Waals surface area contributed by atoms with Crippen LogP contribution >= 0.6 is 0 Å². The van der Waals surface area contributed by atoms with Crippen molar-refractivity contribution in [3.8, 4) is 17.4 Å². The van der Waals surface area contributed by atoms with Gasteiger partial charge in [-0.2, -0.15) is 9.97 Å². The van der Waals surface area contributed by atoms with Crippen LogP contribution in [-0.2, 0) is 20.1 Å². The summed E-state index contributed by atoms with van der Waals surface area (Å²) in [5, 5.41) is 8.61. The molecule has 9 heteroatoms. The van der Waals surface area contributed by atoms with Crippen molar-refractivity contribution in [3.63, 3.8) is 0 Å². The lowest BCUT2D eigenvalue weighted by Gasteiger charge is -2.30. The van der Waals surface area contributed by atoms with E-state index in [0.29, 0.717) is 11.9 Å². The SMILES string of the molecule is CCc1nc(-c2nnn(C)c2COc2ncnc(C3CCC3)n2)ccc1N1CCCCC1. The van der Waals surface area contributed by atoms with Crippen molar-refractivity contribution in [2.75, 3.05) is 18.0 Å². The largest absolute Gasteiger partial charge is 0.457 e. The summed E-state index contributed by atoms with van der Waals surface area (Å²) in [4.78, 5) is 20.4. The minimum absolute atomic E-state index is 0.268. The van der Waals surface area contributed by atoms with Crippen LogP contribution in [0.3, 0.4) is 0 Å². The first-order chi connectivity index (χ1) is 15.7. The Labute approximate surface area is 188 Å². The summed E-state index contributed by atoms with van der Waals surface area (Å²) in [5.74, 6) is 1.26. The Kier molecular flexibility index (Phi) is 5.96. The molecule has 2 fully saturated rings. The molecule has 0 bridgehead atoms. The number of rotatable bonds is 7. The van der Waals surface area contributed by atoms with E-state index in [9.17, 15) is 0 Å². The van der Waals surface area contributed by atoms with Crippen molar-refractivity contribution in [2.45, 2.75) is 64.4 Å². The Bertz CT molecular complexity index is 1070. The number of hydrogen-bond donors (Lipinski definition) is 0. The number of ether oxygens (including phenoxy) is 1. The molecule has 1 aliphatic heterocycles. The zero-order valence-corrected chi connectivity index (χ0v) is 18.9. The number of aryl methyl sites for hydroxylation is 2. The Hall–Kier alpha value is -3.10. The van der Waals surface area contributed by atoms with Crippen molar-refractivity contribution < 1.29 is 4.74 Å². The highest BCUT2D eigenvalue weighted by Gasteiger charge is 2.23. The predicted molar refractivity (Wildman–Crippen MR) is 120 cm³/mol. The van der Waals surface area contributed by atoms with Gasteiger partial charge in [0, 0.05) is 26.1 Å². The highest BCUT2D eigenvalue weighted by molar-refractivity contribution is 5.62. The van der Waals surface area contributed by atoms with Gasteiger partial charge < -0.3 is 9.64 Å². The van der Waals surface area contributed by atoms with E-state index in [1.807, 2.05) is 13.1 Å². The Balaban J connectivity index is 1.36. The molecule has 0 aromatic carbocycles. The normalized spacial score (nSPS) is 16.8. The van der Waals surface area contributed by atoms with Crippen LogP contribution in [0.2, 0.25) is 0 Å². The van der Waals surface area contributed by atoms with Gasteiger partial charge in [0.25, 0.3) is 0 Å². The molecule has 0 amide bonds. The molecule has 168 valence electrons. The molecule has 0 unspecified atom stereocenters. The molecule has 32 heavy (non-hydrogen) atoms. The van der Waals surface area contributed by atoms with Gasteiger partial charge in [-0.3, -0.25) is 0 Å². The molecule has 3 aromatic heterocycles. The van der Waals surface area contributed by atoms with E-state index < -0.39 is 0 Å². The molecule has 4 heterocycles. The van der Waals surface area contributed by atoms with Crippen molar-refractivity contribution in [1.29, 1.82) is 0 Å². The summed E-state index contributed by atoms with van der Waals surface area (Å²) in [6.45, 7) is 4.63. The molecule has 1 saturated carbocycles. The number of aromatic nitrogens is 7. The van der Waals surface area contributed by atoms with Crippen LogP contribution in [0, 0.1) is 0 Å². The summed E-state index contributed by atoms with van der Waals surface area (Å²) in [5.41, 5.74) is 4.74. The van der Waals surface area contributed by atoms with Crippen molar-refractivity contribution in [3.05, 3.63) is 35.7 Å². The van der Waals surface area contributed by atoms with Crippen LogP contribution in [-0.4, -0.2) is 48.0 Å². The Morgan fingerprint density at radius 2 is 1.88 bits per heavy atom. The van der Waals surface area contributed by atoms with Gasteiger partial charge in [-0.15, -0.1) is 5.10 Å². The van der Waals surface area contributed by atoms with Crippen LogP contribution in [0.15, 0.2) is 18.5 Å². The van der Waals surface area contributed by atoms with Crippen LogP contribution in [0.5, 0.6) is 6.01 Å². The molecule has 0 spiro atoms. The van der Waals surface area contributed by atoms with E-state index >= 15 is 0 Å². The van der Waals surface area contributed by atoms with Gasteiger partial charge in [0.1, 0.15) is 30.1 Å². The number of nitrogens with zero attached hydrogens (tertiary/aromatic N) is 8. The molecular formula is C23H30N8O. The van der Waals surface area contributed by atoms with E-state index in [-0.39, 0.29) is 6.61 Å². The molecule has 0 atom stereocenters. The number of hydrogen-bond acceptors (Lipinski definition) is 8. The van der Waals surface area contributed by atoms with Gasteiger partial charge in [-0.05, 0) is 50.7 Å². The second-order valence-electron chi connectivity index (χ2n) is 8.61. The van der Waals surface area contributed by atoms with E-state index in [4.69, 9.17) is 9.72 Å². The molecule has 1 saturated heterocycles. The topological polar surface area (TPSA) is 94.7 Å². The molecule has 0 N–H and O–H groups in total. The summed E-state index contributed by atoms with van der Waals surface area (Å²) in [7, 11) is 1.87. The molecule has 2 aliphatic rings. The van der Waals surface area contributed by atoms with E-state index in [1.54, 1.807) is 4.68 Å². The van der Waals surface area contributed by atoms with Gasteiger partial charge >= 0.3 is 6.01 Å². The fraction of sp³-hybridized carbons (Fsp3) is 0.565. The zero-order valence-electron chi connectivity index (χ0n) is 18.9. The number of pyridine rings is 1. The van der Waals surface area contributed by atoms with E-state index in [2.05, 4.69) is 43.2 Å². The standard InChI is InChI=1S/C23H30N8O/c1-3-17-19(31-12-5-4-6-13-31)11-10-18(26-17)21-20(30(2)29-28-21)14-32-23-25-15-24-22(27-23)16-8-7-9-16/h10-11,15-16H,3-9,12-14H2,1-2H3. The smallest absolute Gasteiger partial charge is 0.320 e.